The Bertz CT molecular complexity index is 687. The Labute approximate surface area is 151 Å². The van der Waals surface area contributed by atoms with E-state index in [1.54, 1.807) is 48.5 Å². The number of hydrogen-bond acceptors (Lipinski definition) is 6. The van der Waals surface area contributed by atoms with E-state index in [4.69, 9.17) is 0 Å². The summed E-state index contributed by atoms with van der Waals surface area (Å²) in [6.45, 7) is 8.00. The van der Waals surface area contributed by atoms with Crippen LogP contribution in [0.15, 0.2) is 48.5 Å². The Morgan fingerprint density at radius 2 is 0.654 bits per heavy atom. The molecule has 0 atom stereocenters. The lowest BCUT2D eigenvalue weighted by Crippen LogP contribution is -1.96. The van der Waals surface area contributed by atoms with Crippen LogP contribution in [-0.4, -0.2) is 23.9 Å². The normalized spacial score (nSPS) is 12.8. The van der Waals surface area contributed by atoms with E-state index in [9.17, 15) is 19.2 Å². The van der Waals surface area contributed by atoms with Gasteiger partial charge in [0, 0.05) is 0 Å². The minimum atomic E-state index is -0.550. The number of rotatable bonds is 0. The average molecular weight is 356 g/mol. The first kappa shape index (κ1) is 20.8. The van der Waals surface area contributed by atoms with Gasteiger partial charge in [0.25, 0.3) is 0 Å². The van der Waals surface area contributed by atoms with Crippen molar-refractivity contribution in [1.29, 1.82) is 0 Å². The van der Waals surface area contributed by atoms with Gasteiger partial charge >= 0.3 is 23.9 Å². The highest BCUT2D eigenvalue weighted by Gasteiger charge is 2.29. The van der Waals surface area contributed by atoms with Gasteiger partial charge in [0.1, 0.15) is 0 Å². The van der Waals surface area contributed by atoms with E-state index in [2.05, 4.69) is 9.47 Å². The van der Waals surface area contributed by atoms with Crippen molar-refractivity contribution < 1.29 is 28.7 Å². The van der Waals surface area contributed by atoms with Gasteiger partial charge in [0.15, 0.2) is 0 Å². The first-order valence-corrected chi connectivity index (χ1v) is 8.29. The molecule has 0 unspecified atom stereocenters. The maximum atomic E-state index is 10.8. The molecule has 4 rings (SSSR count). The molecule has 2 heterocycles. The second-order valence-corrected chi connectivity index (χ2v) is 4.45. The summed E-state index contributed by atoms with van der Waals surface area (Å²) >= 11 is 0. The molecule has 0 saturated carbocycles. The Morgan fingerprint density at radius 3 is 0.846 bits per heavy atom. The fraction of sp³-hybridized carbons (Fsp3) is 0.200. The molecule has 0 fully saturated rings. The van der Waals surface area contributed by atoms with E-state index in [0.717, 1.165) is 0 Å². The summed E-state index contributed by atoms with van der Waals surface area (Å²) in [5.74, 6) is -2.20. The van der Waals surface area contributed by atoms with Gasteiger partial charge < -0.3 is 9.47 Å². The maximum Gasteiger partial charge on any atom is 0.346 e. The lowest BCUT2D eigenvalue weighted by atomic mass is 10.1. The van der Waals surface area contributed by atoms with Crippen molar-refractivity contribution in [2.75, 3.05) is 0 Å². The minimum absolute atomic E-state index is 0.359. The summed E-state index contributed by atoms with van der Waals surface area (Å²) in [7, 11) is 0. The van der Waals surface area contributed by atoms with Crippen molar-refractivity contribution >= 4 is 23.9 Å². The van der Waals surface area contributed by atoms with Crippen LogP contribution >= 0.6 is 0 Å². The van der Waals surface area contributed by atoms with Crippen LogP contribution in [-0.2, 0) is 9.47 Å². The molecule has 2 aliphatic heterocycles. The fourth-order valence-electron chi connectivity index (χ4n) is 2.07. The standard InChI is InChI=1S/2C8H4O3.2C2H6/c2*9-7-5-3-1-2-4-6(5)8(10)11-7;2*1-2/h2*1-4H;2*1-2H3. The molecule has 0 amide bonds. The Kier molecular flexibility index (Phi) is 7.89. The van der Waals surface area contributed by atoms with E-state index >= 15 is 0 Å². The molecule has 0 bridgehead atoms. The van der Waals surface area contributed by atoms with Crippen molar-refractivity contribution in [1.82, 2.24) is 0 Å². The number of cyclic esters (lactones) is 4. The first-order valence-electron chi connectivity index (χ1n) is 8.29. The van der Waals surface area contributed by atoms with Crippen LogP contribution in [0.1, 0.15) is 69.1 Å². The van der Waals surface area contributed by atoms with Gasteiger partial charge in [-0.2, -0.15) is 0 Å². The van der Waals surface area contributed by atoms with E-state index in [1.165, 1.54) is 0 Å². The van der Waals surface area contributed by atoms with Crippen molar-refractivity contribution in [3.63, 3.8) is 0 Å². The Hall–Kier alpha value is -3.28. The van der Waals surface area contributed by atoms with Crippen LogP contribution < -0.4 is 0 Å². The molecule has 2 aliphatic rings. The third-order valence-corrected chi connectivity index (χ3v) is 3.10. The monoisotopic (exact) mass is 356 g/mol. The molecular weight excluding hydrogens is 336 g/mol. The van der Waals surface area contributed by atoms with Crippen LogP contribution in [0.25, 0.3) is 0 Å². The number of carbonyl (C=O) groups is 4. The second kappa shape index (κ2) is 9.88. The quantitative estimate of drug-likeness (QED) is 0.523. The number of carbonyl (C=O) groups excluding carboxylic acids is 4. The summed E-state index contributed by atoms with van der Waals surface area (Å²) in [5.41, 5.74) is 1.44. The van der Waals surface area contributed by atoms with Crippen molar-refractivity contribution in [2.45, 2.75) is 27.7 Å². The minimum Gasteiger partial charge on any atom is -0.386 e. The number of esters is 4. The number of ether oxygens (including phenoxy) is 2. The highest BCUT2D eigenvalue weighted by atomic mass is 16.6. The molecule has 0 aromatic heterocycles. The zero-order valence-electron chi connectivity index (χ0n) is 15.1. The summed E-state index contributed by atoms with van der Waals surface area (Å²) in [6, 6.07) is 13.1. The van der Waals surface area contributed by atoms with Gasteiger partial charge in [-0.3, -0.25) is 0 Å². The smallest absolute Gasteiger partial charge is 0.346 e. The summed E-state index contributed by atoms with van der Waals surface area (Å²) in [6.07, 6.45) is 0. The molecule has 6 heteroatoms. The predicted molar refractivity (Wildman–Crippen MR) is 95.1 cm³/mol. The Morgan fingerprint density at radius 1 is 0.462 bits per heavy atom. The van der Waals surface area contributed by atoms with Gasteiger partial charge in [-0.25, -0.2) is 19.2 Å². The zero-order valence-corrected chi connectivity index (χ0v) is 15.1. The molecule has 0 saturated heterocycles. The summed E-state index contributed by atoms with van der Waals surface area (Å²) < 4.78 is 8.71. The third kappa shape index (κ3) is 4.42. The molecule has 0 spiro atoms. The van der Waals surface area contributed by atoms with E-state index in [-0.39, 0.29) is 0 Å². The van der Waals surface area contributed by atoms with Crippen LogP contribution in [0.2, 0.25) is 0 Å². The van der Waals surface area contributed by atoms with Gasteiger partial charge in [-0.1, -0.05) is 52.0 Å². The highest BCUT2D eigenvalue weighted by Crippen LogP contribution is 2.19. The fourth-order valence-corrected chi connectivity index (χ4v) is 2.07. The number of hydrogen-bond donors (Lipinski definition) is 0. The lowest BCUT2D eigenvalue weighted by Gasteiger charge is -1.86. The van der Waals surface area contributed by atoms with Gasteiger partial charge in [0.05, 0.1) is 22.3 Å². The molecule has 6 nitrogen and oxygen atoms in total. The molecule has 136 valence electrons. The van der Waals surface area contributed by atoms with E-state index in [0.29, 0.717) is 22.3 Å². The summed E-state index contributed by atoms with van der Waals surface area (Å²) in [5, 5.41) is 0. The van der Waals surface area contributed by atoms with Crippen LogP contribution in [0.4, 0.5) is 0 Å². The van der Waals surface area contributed by atoms with Crippen molar-refractivity contribution in [2.24, 2.45) is 0 Å². The van der Waals surface area contributed by atoms with Crippen LogP contribution in [0.3, 0.4) is 0 Å². The number of benzene rings is 2. The first-order chi connectivity index (χ1) is 12.6. The largest absolute Gasteiger partial charge is 0.386 e. The molecule has 2 aromatic carbocycles. The van der Waals surface area contributed by atoms with Crippen LogP contribution in [0, 0.1) is 0 Å². The third-order valence-electron chi connectivity index (χ3n) is 3.10. The lowest BCUT2D eigenvalue weighted by molar-refractivity contribution is 0.0425. The average Bonchev–Trinajstić information content (AvgIpc) is 3.15. The van der Waals surface area contributed by atoms with Crippen molar-refractivity contribution in [3.8, 4) is 0 Å². The van der Waals surface area contributed by atoms with Crippen LogP contribution in [0.5, 0.6) is 0 Å². The van der Waals surface area contributed by atoms with E-state index < -0.39 is 23.9 Å². The molecule has 0 radical (unpaired) electrons. The molecule has 26 heavy (non-hydrogen) atoms. The maximum absolute atomic E-state index is 10.8. The molecule has 2 aromatic rings. The van der Waals surface area contributed by atoms with Gasteiger partial charge in [0.2, 0.25) is 0 Å². The van der Waals surface area contributed by atoms with Gasteiger partial charge in [-0.15, -0.1) is 0 Å². The molecule has 0 aliphatic carbocycles. The SMILES string of the molecule is CC.CC.O=C1OC(=O)c2ccccc21.O=C1OC(=O)c2ccccc21. The van der Waals surface area contributed by atoms with Gasteiger partial charge in [-0.05, 0) is 24.3 Å². The summed E-state index contributed by atoms with van der Waals surface area (Å²) in [4.78, 5) is 43.3. The Balaban J connectivity index is 0.000000219. The highest BCUT2D eigenvalue weighted by molar-refractivity contribution is 6.15. The zero-order chi connectivity index (χ0) is 19.7. The molecule has 0 N–H and O–H groups in total. The second-order valence-electron chi connectivity index (χ2n) is 4.45. The molecular formula is C20H20O6. The van der Waals surface area contributed by atoms with Crippen molar-refractivity contribution in [3.05, 3.63) is 70.8 Å². The topological polar surface area (TPSA) is 86.7 Å². The van der Waals surface area contributed by atoms with E-state index in [1.807, 2.05) is 27.7 Å². The number of fused-ring (bicyclic) bond motifs is 2. The predicted octanol–water partition coefficient (Wildman–Crippen LogP) is 4.05.